The molecule has 0 aromatic rings. The molecule has 2 N–H and O–H groups in total. The highest BCUT2D eigenvalue weighted by molar-refractivity contribution is 14.0. The summed E-state index contributed by atoms with van der Waals surface area (Å²) in [5.41, 5.74) is 5.85. The molecule has 6 heteroatoms. The number of ether oxygens (including phenoxy) is 1. The summed E-state index contributed by atoms with van der Waals surface area (Å²) in [6.45, 7) is 4.59. The lowest BCUT2D eigenvalue weighted by Gasteiger charge is -2.30. The topological polar surface area (TPSA) is 67.9 Å². The molecule has 0 aliphatic carbocycles. The number of rotatable bonds is 3. The number of nitrogens with two attached hydrogens (primary N) is 1. The molecule has 1 fully saturated rings. The monoisotopic (exact) mass is 355 g/mol. The Kier molecular flexibility index (Phi) is 8.28. The van der Waals surface area contributed by atoms with Gasteiger partial charge in [0.25, 0.3) is 0 Å². The molecule has 0 unspecified atom stereocenters. The normalized spacial score (nSPS) is 17.5. The van der Waals surface area contributed by atoms with E-state index in [-0.39, 0.29) is 29.9 Å². The zero-order valence-electron chi connectivity index (χ0n) is 10.5. The van der Waals surface area contributed by atoms with Gasteiger partial charge in [0, 0.05) is 13.1 Å². The number of esters is 1. The van der Waals surface area contributed by atoms with Crippen LogP contribution >= 0.6 is 24.0 Å². The van der Waals surface area contributed by atoms with E-state index in [0.717, 1.165) is 31.8 Å². The van der Waals surface area contributed by atoms with Gasteiger partial charge >= 0.3 is 5.97 Å². The first-order chi connectivity index (χ1) is 7.63. The van der Waals surface area contributed by atoms with Crippen LogP contribution in [0.2, 0.25) is 0 Å². The maximum atomic E-state index is 10.9. The highest BCUT2D eigenvalue weighted by Gasteiger charge is 2.16. The number of halogens is 1. The lowest BCUT2D eigenvalue weighted by atomic mass is 10.00. The summed E-state index contributed by atoms with van der Waals surface area (Å²) in [4.78, 5) is 17.1. The second-order valence-corrected chi connectivity index (χ2v) is 4.24. The zero-order chi connectivity index (χ0) is 12.0. The molecule has 0 spiro atoms. The molecular formula is C11H22IN3O2. The first-order valence-electron chi connectivity index (χ1n) is 5.75. The fraction of sp³-hybridized carbons (Fsp3) is 0.818. The van der Waals surface area contributed by atoms with Crippen molar-refractivity contribution in [2.75, 3.05) is 26.7 Å². The summed E-state index contributed by atoms with van der Waals surface area (Å²) in [6.07, 6.45) is 2.61. The van der Waals surface area contributed by atoms with Crippen molar-refractivity contribution in [3.8, 4) is 0 Å². The van der Waals surface area contributed by atoms with Crippen molar-refractivity contribution in [3.63, 3.8) is 0 Å². The van der Waals surface area contributed by atoms with Gasteiger partial charge in [-0.2, -0.15) is 0 Å². The van der Waals surface area contributed by atoms with E-state index in [1.807, 2.05) is 0 Å². The minimum atomic E-state index is -0.246. The second-order valence-electron chi connectivity index (χ2n) is 4.24. The maximum Gasteiger partial charge on any atom is 0.307 e. The largest absolute Gasteiger partial charge is 0.469 e. The second kappa shape index (κ2) is 8.54. The first-order valence-corrected chi connectivity index (χ1v) is 5.75. The van der Waals surface area contributed by atoms with Crippen LogP contribution in [0.1, 0.15) is 26.2 Å². The third-order valence-corrected chi connectivity index (χ3v) is 2.93. The molecule has 5 nitrogen and oxygen atoms in total. The number of hydrogen-bond donors (Lipinski definition) is 1. The summed E-state index contributed by atoms with van der Waals surface area (Å²) < 4.78 is 4.53. The number of guanidine groups is 1. The number of hydrogen-bond acceptors (Lipinski definition) is 3. The molecule has 0 radical (unpaired) electrons. The van der Waals surface area contributed by atoms with Crippen LogP contribution in [0.5, 0.6) is 0 Å². The Labute approximate surface area is 120 Å². The van der Waals surface area contributed by atoms with Crippen molar-refractivity contribution in [1.82, 2.24) is 4.90 Å². The molecule has 0 bridgehead atoms. The third-order valence-electron chi connectivity index (χ3n) is 2.93. The number of methoxy groups -OCH3 is 1. The quantitative estimate of drug-likeness (QED) is 0.358. The molecule has 1 aliphatic heterocycles. The molecule has 100 valence electrons. The van der Waals surface area contributed by atoms with Gasteiger partial charge in [-0.15, -0.1) is 24.0 Å². The fourth-order valence-corrected chi connectivity index (χ4v) is 1.70. The van der Waals surface area contributed by atoms with Crippen molar-refractivity contribution in [2.45, 2.75) is 26.2 Å². The van der Waals surface area contributed by atoms with Gasteiger partial charge in [0.15, 0.2) is 5.96 Å². The van der Waals surface area contributed by atoms with E-state index in [9.17, 15) is 4.79 Å². The van der Waals surface area contributed by atoms with Crippen LogP contribution < -0.4 is 5.73 Å². The molecule has 0 saturated carbocycles. The number of aliphatic imine (C=N–C) groups is 1. The van der Waals surface area contributed by atoms with E-state index in [0.29, 0.717) is 18.9 Å². The molecule has 1 heterocycles. The van der Waals surface area contributed by atoms with Gasteiger partial charge in [0.05, 0.1) is 20.1 Å². The Morgan fingerprint density at radius 1 is 1.47 bits per heavy atom. The standard InChI is InChI=1S/C11H21N3O2.HI/c1-9-4-7-14(8-5-9)11(12)13-6-3-10(15)16-2;/h9H,3-8H2,1-2H3,(H2,12,13);1H. The molecule has 0 aromatic carbocycles. The number of nitrogens with zero attached hydrogens (tertiary/aromatic N) is 2. The molecule has 0 aromatic heterocycles. The van der Waals surface area contributed by atoms with Crippen LogP contribution in [0.4, 0.5) is 0 Å². The van der Waals surface area contributed by atoms with Crippen molar-refractivity contribution in [3.05, 3.63) is 0 Å². The number of carbonyl (C=O) groups excluding carboxylic acids is 1. The Balaban J connectivity index is 0.00000256. The van der Waals surface area contributed by atoms with Crippen molar-refractivity contribution in [1.29, 1.82) is 0 Å². The van der Waals surface area contributed by atoms with E-state index < -0.39 is 0 Å². The summed E-state index contributed by atoms with van der Waals surface area (Å²) >= 11 is 0. The summed E-state index contributed by atoms with van der Waals surface area (Å²) in [5, 5.41) is 0. The minimum absolute atomic E-state index is 0. The average Bonchev–Trinajstić information content (AvgIpc) is 2.29. The van der Waals surface area contributed by atoms with Gasteiger partial charge in [-0.3, -0.25) is 9.79 Å². The molecular weight excluding hydrogens is 333 g/mol. The van der Waals surface area contributed by atoms with E-state index in [2.05, 4.69) is 21.6 Å². The molecule has 0 amide bonds. The van der Waals surface area contributed by atoms with E-state index in [1.54, 1.807) is 0 Å². The molecule has 1 aliphatic rings. The van der Waals surface area contributed by atoms with Gasteiger partial charge in [-0.25, -0.2) is 0 Å². The predicted molar refractivity (Wildman–Crippen MR) is 78.5 cm³/mol. The van der Waals surface area contributed by atoms with E-state index >= 15 is 0 Å². The van der Waals surface area contributed by atoms with Crippen LogP contribution in [0.3, 0.4) is 0 Å². The summed E-state index contributed by atoms with van der Waals surface area (Å²) in [6, 6.07) is 0. The van der Waals surface area contributed by atoms with Crippen LogP contribution in [-0.2, 0) is 9.53 Å². The fourth-order valence-electron chi connectivity index (χ4n) is 1.70. The van der Waals surface area contributed by atoms with Crippen molar-refractivity contribution < 1.29 is 9.53 Å². The van der Waals surface area contributed by atoms with E-state index in [4.69, 9.17) is 5.73 Å². The van der Waals surface area contributed by atoms with Gasteiger partial charge in [-0.05, 0) is 18.8 Å². The Morgan fingerprint density at radius 3 is 2.59 bits per heavy atom. The number of carbonyl (C=O) groups is 1. The summed E-state index contributed by atoms with van der Waals surface area (Å²) in [7, 11) is 1.38. The van der Waals surface area contributed by atoms with E-state index in [1.165, 1.54) is 7.11 Å². The Morgan fingerprint density at radius 2 is 2.06 bits per heavy atom. The number of piperidine rings is 1. The van der Waals surface area contributed by atoms with Crippen LogP contribution in [-0.4, -0.2) is 43.6 Å². The van der Waals surface area contributed by atoms with Gasteiger partial charge < -0.3 is 15.4 Å². The third kappa shape index (κ3) is 6.09. The SMILES string of the molecule is COC(=O)CCN=C(N)N1CCC(C)CC1.I. The highest BCUT2D eigenvalue weighted by Crippen LogP contribution is 2.15. The van der Waals surface area contributed by atoms with Gasteiger partial charge in [0.1, 0.15) is 0 Å². The summed E-state index contributed by atoms with van der Waals surface area (Å²) in [5.74, 6) is 1.08. The Hall–Kier alpha value is -0.530. The molecule has 0 atom stereocenters. The van der Waals surface area contributed by atoms with Gasteiger partial charge in [-0.1, -0.05) is 6.92 Å². The maximum absolute atomic E-state index is 10.9. The zero-order valence-corrected chi connectivity index (χ0v) is 12.8. The van der Waals surface area contributed by atoms with Crippen LogP contribution in [0.25, 0.3) is 0 Å². The minimum Gasteiger partial charge on any atom is -0.469 e. The van der Waals surface area contributed by atoms with Crippen LogP contribution in [0.15, 0.2) is 4.99 Å². The lowest BCUT2D eigenvalue weighted by Crippen LogP contribution is -2.42. The molecule has 1 saturated heterocycles. The van der Waals surface area contributed by atoms with Crippen molar-refractivity contribution >= 4 is 35.9 Å². The first kappa shape index (κ1) is 16.5. The average molecular weight is 355 g/mol. The molecule has 1 rings (SSSR count). The predicted octanol–water partition coefficient (Wildman–Crippen LogP) is 1.21. The lowest BCUT2D eigenvalue weighted by molar-refractivity contribution is -0.140. The van der Waals surface area contributed by atoms with Gasteiger partial charge in [0.2, 0.25) is 0 Å². The van der Waals surface area contributed by atoms with Crippen LogP contribution in [0, 0.1) is 5.92 Å². The number of likely N-dealkylation sites (tertiary alicyclic amines) is 1. The molecule has 17 heavy (non-hydrogen) atoms. The Bertz CT molecular complexity index is 263. The highest BCUT2D eigenvalue weighted by atomic mass is 127. The van der Waals surface area contributed by atoms with Crippen molar-refractivity contribution in [2.24, 2.45) is 16.6 Å². The smallest absolute Gasteiger partial charge is 0.307 e.